The maximum absolute atomic E-state index is 6.19. The Bertz CT molecular complexity index is 835. The van der Waals surface area contributed by atoms with Crippen molar-refractivity contribution in [2.24, 2.45) is 0 Å². The van der Waals surface area contributed by atoms with Crippen LogP contribution in [0, 0.1) is 11.7 Å². The lowest BCUT2D eigenvalue weighted by atomic mass is 10.2. The van der Waals surface area contributed by atoms with Gasteiger partial charge in [-0.15, -0.1) is 0 Å². The number of H-pyrrole nitrogens is 1. The molecular formula is C14H10BrClN2S. The number of aromatic nitrogens is 2. The van der Waals surface area contributed by atoms with E-state index in [4.69, 9.17) is 23.8 Å². The number of rotatable bonds is 1. The highest BCUT2D eigenvalue weighted by Crippen LogP contribution is 2.29. The second-order valence-electron chi connectivity index (χ2n) is 4.35. The molecule has 0 saturated heterocycles. The molecule has 2 nitrogen and oxygen atoms in total. The number of aromatic amines is 1. The standard InChI is InChI=1S/C14H10BrClN2S/c1-8-5-6-11(9(15)7-8)18-12-4-2-3-10(16)13(12)17-14(18)19/h2-7H,1H3,(H,17,19). The summed E-state index contributed by atoms with van der Waals surface area (Å²) in [6.45, 7) is 2.06. The summed E-state index contributed by atoms with van der Waals surface area (Å²) in [4.78, 5) is 3.16. The van der Waals surface area contributed by atoms with Gasteiger partial charge in [-0.05, 0) is 64.9 Å². The molecule has 1 N–H and O–H groups in total. The quantitative estimate of drug-likeness (QED) is 0.580. The average Bonchev–Trinajstić information content (AvgIpc) is 2.68. The van der Waals surface area contributed by atoms with Gasteiger partial charge in [-0.1, -0.05) is 23.7 Å². The molecule has 0 spiro atoms. The average molecular weight is 354 g/mol. The summed E-state index contributed by atoms with van der Waals surface area (Å²) in [6.07, 6.45) is 0. The monoisotopic (exact) mass is 352 g/mol. The summed E-state index contributed by atoms with van der Waals surface area (Å²) < 4.78 is 3.62. The number of hydrogen-bond donors (Lipinski definition) is 1. The molecule has 3 rings (SSSR count). The van der Waals surface area contributed by atoms with E-state index >= 15 is 0 Å². The first-order valence-corrected chi connectivity index (χ1v) is 7.31. The van der Waals surface area contributed by atoms with E-state index in [2.05, 4.69) is 40.0 Å². The van der Waals surface area contributed by atoms with Gasteiger partial charge >= 0.3 is 0 Å². The molecule has 0 bridgehead atoms. The third-order valence-corrected chi connectivity index (χ3v) is 4.25. The smallest absolute Gasteiger partial charge is 0.182 e. The zero-order valence-electron chi connectivity index (χ0n) is 10.1. The number of imidazole rings is 1. The van der Waals surface area contributed by atoms with Crippen LogP contribution in [0.3, 0.4) is 0 Å². The molecule has 3 aromatic rings. The largest absolute Gasteiger partial charge is 0.329 e. The first kappa shape index (κ1) is 12.9. The maximum Gasteiger partial charge on any atom is 0.182 e. The minimum absolute atomic E-state index is 0.632. The van der Waals surface area contributed by atoms with Gasteiger partial charge in [0.05, 0.1) is 21.7 Å². The van der Waals surface area contributed by atoms with Gasteiger partial charge in [-0.2, -0.15) is 0 Å². The molecule has 1 aromatic heterocycles. The third-order valence-electron chi connectivity index (χ3n) is 3.01. The normalized spacial score (nSPS) is 11.1. The Morgan fingerprint density at radius 1 is 1.26 bits per heavy atom. The van der Waals surface area contributed by atoms with Crippen LogP contribution >= 0.6 is 39.7 Å². The summed E-state index contributed by atoms with van der Waals surface area (Å²) in [6, 6.07) is 11.9. The van der Waals surface area contributed by atoms with Gasteiger partial charge in [-0.3, -0.25) is 4.57 Å². The second-order valence-corrected chi connectivity index (χ2v) is 6.00. The van der Waals surface area contributed by atoms with Gasteiger partial charge in [0, 0.05) is 4.47 Å². The van der Waals surface area contributed by atoms with Crippen LogP contribution in [0.4, 0.5) is 0 Å². The molecule has 0 amide bonds. The Morgan fingerprint density at radius 2 is 2.05 bits per heavy atom. The van der Waals surface area contributed by atoms with Gasteiger partial charge in [-0.25, -0.2) is 0 Å². The lowest BCUT2D eigenvalue weighted by Crippen LogP contribution is -1.95. The van der Waals surface area contributed by atoms with Gasteiger partial charge < -0.3 is 4.98 Å². The molecule has 5 heteroatoms. The van der Waals surface area contributed by atoms with Gasteiger partial charge in [0.1, 0.15) is 0 Å². The van der Waals surface area contributed by atoms with Crippen molar-refractivity contribution < 1.29 is 0 Å². The number of hydrogen-bond acceptors (Lipinski definition) is 1. The van der Waals surface area contributed by atoms with Crippen molar-refractivity contribution in [3.63, 3.8) is 0 Å². The zero-order chi connectivity index (χ0) is 13.6. The second kappa shape index (κ2) is 4.78. The maximum atomic E-state index is 6.19. The van der Waals surface area contributed by atoms with Crippen LogP contribution in [0.25, 0.3) is 16.7 Å². The van der Waals surface area contributed by atoms with Crippen molar-refractivity contribution in [1.82, 2.24) is 9.55 Å². The molecule has 0 atom stereocenters. The Kier molecular flexibility index (Phi) is 3.25. The van der Waals surface area contributed by atoms with Crippen molar-refractivity contribution in [2.75, 3.05) is 0 Å². The van der Waals surface area contributed by atoms with Crippen LogP contribution in [-0.4, -0.2) is 9.55 Å². The highest BCUT2D eigenvalue weighted by molar-refractivity contribution is 9.10. The van der Waals surface area contributed by atoms with Crippen molar-refractivity contribution in [3.05, 3.63) is 56.2 Å². The fraction of sp³-hybridized carbons (Fsp3) is 0.0714. The van der Waals surface area contributed by atoms with E-state index in [1.165, 1.54) is 5.56 Å². The lowest BCUT2D eigenvalue weighted by Gasteiger charge is -2.08. The molecular weight excluding hydrogens is 344 g/mol. The Hall–Kier alpha value is -1.10. The lowest BCUT2D eigenvalue weighted by molar-refractivity contribution is 1.05. The predicted molar refractivity (Wildman–Crippen MR) is 85.9 cm³/mol. The van der Waals surface area contributed by atoms with Crippen molar-refractivity contribution >= 4 is 50.8 Å². The molecule has 0 saturated carbocycles. The summed E-state index contributed by atoms with van der Waals surface area (Å²) in [5, 5.41) is 0.672. The van der Waals surface area contributed by atoms with Gasteiger partial charge in [0.25, 0.3) is 0 Å². The van der Waals surface area contributed by atoms with E-state index in [-0.39, 0.29) is 0 Å². The molecule has 0 unspecified atom stereocenters. The molecule has 0 fully saturated rings. The first-order chi connectivity index (χ1) is 9.08. The van der Waals surface area contributed by atoms with E-state index in [1.807, 2.05) is 28.8 Å². The Balaban J connectivity index is 2.40. The number of benzene rings is 2. The SMILES string of the molecule is Cc1ccc(-n2c(=S)[nH]c3c(Cl)cccc32)c(Br)c1. The fourth-order valence-corrected chi connectivity index (χ4v) is 3.31. The summed E-state index contributed by atoms with van der Waals surface area (Å²) in [7, 11) is 0. The van der Waals surface area contributed by atoms with Crippen LogP contribution < -0.4 is 0 Å². The van der Waals surface area contributed by atoms with E-state index in [0.717, 1.165) is 21.2 Å². The number of para-hydroxylation sites is 1. The molecule has 0 aliphatic rings. The molecule has 0 aliphatic carbocycles. The number of aryl methyl sites for hydroxylation is 1. The van der Waals surface area contributed by atoms with E-state index < -0.39 is 0 Å². The number of halogens is 2. The zero-order valence-corrected chi connectivity index (χ0v) is 13.2. The number of fused-ring (bicyclic) bond motifs is 1. The molecule has 0 radical (unpaired) electrons. The predicted octanol–water partition coefficient (Wildman–Crippen LogP) is 5.41. The highest BCUT2D eigenvalue weighted by Gasteiger charge is 2.11. The van der Waals surface area contributed by atoms with E-state index in [1.54, 1.807) is 0 Å². The van der Waals surface area contributed by atoms with Crippen LogP contribution in [0.2, 0.25) is 5.02 Å². The third kappa shape index (κ3) is 2.14. The van der Waals surface area contributed by atoms with Crippen LogP contribution in [0.5, 0.6) is 0 Å². The van der Waals surface area contributed by atoms with E-state index in [0.29, 0.717) is 9.79 Å². The Morgan fingerprint density at radius 3 is 2.79 bits per heavy atom. The van der Waals surface area contributed by atoms with Crippen LogP contribution in [-0.2, 0) is 0 Å². The molecule has 0 aliphatic heterocycles. The Labute approximate surface area is 129 Å². The van der Waals surface area contributed by atoms with Crippen LogP contribution in [0.1, 0.15) is 5.56 Å². The van der Waals surface area contributed by atoms with Crippen LogP contribution in [0.15, 0.2) is 40.9 Å². The van der Waals surface area contributed by atoms with Crippen molar-refractivity contribution in [3.8, 4) is 5.69 Å². The highest BCUT2D eigenvalue weighted by atomic mass is 79.9. The molecule has 2 aromatic carbocycles. The minimum atomic E-state index is 0.632. The number of nitrogens with one attached hydrogen (secondary N) is 1. The summed E-state index contributed by atoms with van der Waals surface area (Å²) in [5.41, 5.74) is 4.04. The van der Waals surface area contributed by atoms with Crippen molar-refractivity contribution in [2.45, 2.75) is 6.92 Å². The summed E-state index contributed by atoms with van der Waals surface area (Å²) in [5.74, 6) is 0. The van der Waals surface area contributed by atoms with Gasteiger partial charge in [0.15, 0.2) is 4.77 Å². The fourth-order valence-electron chi connectivity index (χ4n) is 2.13. The van der Waals surface area contributed by atoms with Crippen molar-refractivity contribution in [1.29, 1.82) is 0 Å². The number of nitrogens with zero attached hydrogens (tertiary/aromatic N) is 1. The first-order valence-electron chi connectivity index (χ1n) is 5.73. The van der Waals surface area contributed by atoms with E-state index in [9.17, 15) is 0 Å². The summed E-state index contributed by atoms with van der Waals surface area (Å²) >= 11 is 15.2. The van der Waals surface area contributed by atoms with Gasteiger partial charge in [0.2, 0.25) is 0 Å². The molecule has 19 heavy (non-hydrogen) atoms. The topological polar surface area (TPSA) is 20.7 Å². The minimum Gasteiger partial charge on any atom is -0.329 e. The molecule has 96 valence electrons. The molecule has 1 heterocycles.